The molecule has 0 aliphatic carbocycles. The zero-order valence-electron chi connectivity index (χ0n) is 9.08. The Bertz CT molecular complexity index is 177. The summed E-state index contributed by atoms with van der Waals surface area (Å²) in [5, 5.41) is 2.72. The second kappa shape index (κ2) is 5.98. The van der Waals surface area contributed by atoms with Crippen LogP contribution in [-0.2, 0) is 9.53 Å². The molecule has 0 radical (unpaired) electrons. The Morgan fingerprint density at radius 1 is 1.50 bits per heavy atom. The van der Waals surface area contributed by atoms with Crippen LogP contribution in [0.2, 0.25) is 0 Å². The lowest BCUT2D eigenvalue weighted by Crippen LogP contribution is -2.35. The Morgan fingerprint density at radius 3 is 2.71 bits per heavy atom. The van der Waals surface area contributed by atoms with Gasteiger partial charge in [0, 0.05) is 26.6 Å². The molecule has 0 aromatic rings. The fraction of sp³-hybridized carbons (Fsp3) is 0.900. The van der Waals surface area contributed by atoms with E-state index in [0.29, 0.717) is 19.3 Å². The van der Waals surface area contributed by atoms with Crippen molar-refractivity contribution >= 4 is 5.91 Å². The highest BCUT2D eigenvalue weighted by atomic mass is 16.5. The summed E-state index contributed by atoms with van der Waals surface area (Å²) in [7, 11) is 2.13. The number of hydrogen-bond acceptors (Lipinski definition) is 3. The van der Waals surface area contributed by atoms with Crippen LogP contribution >= 0.6 is 0 Å². The summed E-state index contributed by atoms with van der Waals surface area (Å²) >= 11 is 0. The van der Waals surface area contributed by atoms with Gasteiger partial charge in [0.25, 0.3) is 0 Å². The molecule has 82 valence electrons. The minimum absolute atomic E-state index is 0.0111. The summed E-state index contributed by atoms with van der Waals surface area (Å²) in [4.78, 5) is 12.9. The van der Waals surface area contributed by atoms with Gasteiger partial charge < -0.3 is 15.0 Å². The first-order chi connectivity index (χ1) is 6.68. The average Bonchev–Trinajstić information content (AvgIpc) is 2.15. The highest BCUT2D eigenvalue weighted by Crippen LogP contribution is 2.11. The quantitative estimate of drug-likeness (QED) is 0.661. The molecule has 0 spiro atoms. The van der Waals surface area contributed by atoms with Crippen molar-refractivity contribution < 1.29 is 9.53 Å². The summed E-state index contributed by atoms with van der Waals surface area (Å²) in [6.07, 6.45) is 2.60. The maximum absolute atomic E-state index is 10.6. The first kappa shape index (κ1) is 11.5. The van der Waals surface area contributed by atoms with Crippen molar-refractivity contribution in [2.75, 3.05) is 33.3 Å². The van der Waals surface area contributed by atoms with Crippen LogP contribution in [0.15, 0.2) is 0 Å². The smallest absolute Gasteiger partial charge is 0.216 e. The van der Waals surface area contributed by atoms with Gasteiger partial charge in [0.1, 0.15) is 0 Å². The monoisotopic (exact) mass is 200 g/mol. The molecule has 1 amide bonds. The Kier molecular flexibility index (Phi) is 4.90. The van der Waals surface area contributed by atoms with E-state index >= 15 is 0 Å². The van der Waals surface area contributed by atoms with Gasteiger partial charge in [-0.2, -0.15) is 0 Å². The van der Waals surface area contributed by atoms with Crippen LogP contribution in [0.4, 0.5) is 0 Å². The van der Waals surface area contributed by atoms with Gasteiger partial charge in [0.2, 0.25) is 5.91 Å². The fourth-order valence-electron chi connectivity index (χ4n) is 1.60. The summed E-state index contributed by atoms with van der Waals surface area (Å²) < 4.78 is 5.64. The Labute approximate surface area is 85.6 Å². The highest BCUT2D eigenvalue weighted by molar-refractivity contribution is 5.72. The summed E-state index contributed by atoms with van der Waals surface area (Å²) in [6.45, 7) is 5.01. The van der Waals surface area contributed by atoms with Crippen molar-refractivity contribution in [1.82, 2.24) is 10.2 Å². The minimum Gasteiger partial charge on any atom is -0.376 e. The lowest BCUT2D eigenvalue weighted by atomic mass is 10.1. The predicted octanol–water partition coefficient (Wildman–Crippen LogP) is 0.233. The van der Waals surface area contributed by atoms with Crippen molar-refractivity contribution in [2.45, 2.75) is 25.9 Å². The van der Waals surface area contributed by atoms with Gasteiger partial charge in [-0.15, -0.1) is 0 Å². The lowest BCUT2D eigenvalue weighted by Gasteiger charge is -2.28. The number of carbonyl (C=O) groups is 1. The number of nitrogens with one attached hydrogen (secondary N) is 1. The molecule has 1 heterocycles. The third-order valence-electron chi connectivity index (χ3n) is 2.50. The normalized spacial score (nSPS) is 19.6. The van der Waals surface area contributed by atoms with Crippen molar-refractivity contribution in [1.29, 1.82) is 0 Å². The fourth-order valence-corrected chi connectivity index (χ4v) is 1.60. The van der Waals surface area contributed by atoms with Crippen LogP contribution < -0.4 is 5.32 Å². The molecule has 1 fully saturated rings. The molecule has 0 aromatic heterocycles. The van der Waals surface area contributed by atoms with E-state index in [-0.39, 0.29) is 5.91 Å². The lowest BCUT2D eigenvalue weighted by molar-refractivity contribution is -0.119. The largest absolute Gasteiger partial charge is 0.376 e. The van der Waals surface area contributed by atoms with E-state index in [2.05, 4.69) is 17.3 Å². The van der Waals surface area contributed by atoms with E-state index in [9.17, 15) is 4.79 Å². The molecule has 4 heteroatoms. The number of ether oxygens (including phenoxy) is 1. The number of carbonyl (C=O) groups excluding carboxylic acids is 1. The second-order valence-corrected chi connectivity index (χ2v) is 3.86. The maximum Gasteiger partial charge on any atom is 0.216 e. The number of likely N-dealkylation sites (tertiary alicyclic amines) is 1. The van der Waals surface area contributed by atoms with Crippen LogP contribution in [0.5, 0.6) is 0 Å². The predicted molar refractivity (Wildman–Crippen MR) is 55.2 cm³/mol. The molecule has 0 saturated carbocycles. The van der Waals surface area contributed by atoms with E-state index in [1.807, 2.05) is 0 Å². The molecule has 0 unspecified atom stereocenters. The Hall–Kier alpha value is -0.610. The second-order valence-electron chi connectivity index (χ2n) is 3.86. The maximum atomic E-state index is 10.6. The van der Waals surface area contributed by atoms with Gasteiger partial charge in [-0.1, -0.05) is 0 Å². The van der Waals surface area contributed by atoms with E-state index in [0.717, 1.165) is 25.9 Å². The van der Waals surface area contributed by atoms with Crippen LogP contribution in [-0.4, -0.2) is 50.2 Å². The molecule has 0 bridgehead atoms. The standard InChI is InChI=1S/C10H20N2O2/c1-9(13)11-5-8-14-10-3-6-12(2)7-4-10/h10H,3-8H2,1-2H3,(H,11,13). The van der Waals surface area contributed by atoms with Crippen LogP contribution in [0.3, 0.4) is 0 Å². The first-order valence-electron chi connectivity index (χ1n) is 5.23. The van der Waals surface area contributed by atoms with Crippen LogP contribution in [0.1, 0.15) is 19.8 Å². The van der Waals surface area contributed by atoms with Crippen molar-refractivity contribution in [2.24, 2.45) is 0 Å². The number of hydrogen-bond donors (Lipinski definition) is 1. The molecule has 4 nitrogen and oxygen atoms in total. The molecule has 14 heavy (non-hydrogen) atoms. The number of piperidine rings is 1. The van der Waals surface area contributed by atoms with Crippen LogP contribution in [0.25, 0.3) is 0 Å². The van der Waals surface area contributed by atoms with Gasteiger partial charge in [-0.05, 0) is 19.9 Å². The number of rotatable bonds is 4. The van der Waals surface area contributed by atoms with Gasteiger partial charge in [-0.25, -0.2) is 0 Å². The molecule has 1 saturated heterocycles. The SMILES string of the molecule is CC(=O)NCCOC1CCN(C)CC1. The molecule has 1 rings (SSSR count). The van der Waals surface area contributed by atoms with E-state index in [4.69, 9.17) is 4.74 Å². The van der Waals surface area contributed by atoms with E-state index in [1.165, 1.54) is 6.92 Å². The Morgan fingerprint density at radius 2 is 2.14 bits per heavy atom. The molecule has 1 aliphatic rings. The summed E-state index contributed by atoms with van der Waals surface area (Å²) in [5.74, 6) is 0.0111. The van der Waals surface area contributed by atoms with E-state index in [1.54, 1.807) is 0 Å². The minimum atomic E-state index is 0.0111. The third-order valence-corrected chi connectivity index (χ3v) is 2.50. The third kappa shape index (κ3) is 4.58. The zero-order valence-corrected chi connectivity index (χ0v) is 9.08. The topological polar surface area (TPSA) is 41.6 Å². The molecule has 1 aliphatic heterocycles. The van der Waals surface area contributed by atoms with Crippen molar-refractivity contribution in [3.63, 3.8) is 0 Å². The summed E-state index contributed by atoms with van der Waals surface area (Å²) in [5.41, 5.74) is 0. The van der Waals surface area contributed by atoms with Crippen LogP contribution in [0, 0.1) is 0 Å². The van der Waals surface area contributed by atoms with Crippen molar-refractivity contribution in [3.8, 4) is 0 Å². The van der Waals surface area contributed by atoms with E-state index < -0.39 is 0 Å². The molecule has 1 N–H and O–H groups in total. The van der Waals surface area contributed by atoms with Gasteiger partial charge in [-0.3, -0.25) is 4.79 Å². The molecular formula is C10H20N2O2. The van der Waals surface area contributed by atoms with Gasteiger partial charge in [0.15, 0.2) is 0 Å². The van der Waals surface area contributed by atoms with Gasteiger partial charge >= 0.3 is 0 Å². The number of amides is 1. The molecular weight excluding hydrogens is 180 g/mol. The number of nitrogens with zero attached hydrogens (tertiary/aromatic N) is 1. The molecule has 0 atom stereocenters. The van der Waals surface area contributed by atoms with Gasteiger partial charge in [0.05, 0.1) is 12.7 Å². The highest BCUT2D eigenvalue weighted by Gasteiger charge is 2.16. The summed E-state index contributed by atoms with van der Waals surface area (Å²) in [6, 6.07) is 0. The van der Waals surface area contributed by atoms with Crippen molar-refractivity contribution in [3.05, 3.63) is 0 Å². The zero-order chi connectivity index (χ0) is 10.4. The molecule has 0 aromatic carbocycles. The first-order valence-corrected chi connectivity index (χ1v) is 5.23. The Balaban J connectivity index is 1.99. The average molecular weight is 200 g/mol.